The van der Waals surface area contributed by atoms with Crippen molar-refractivity contribution >= 4 is 43.5 Å². The Kier molecular flexibility index (Phi) is 1.87. The Morgan fingerprint density at radius 1 is 0.762 bits per heavy atom. The van der Waals surface area contributed by atoms with E-state index < -0.39 is 0 Å². The molecule has 5 rings (SSSR count). The lowest BCUT2D eigenvalue weighted by Gasteiger charge is -2.07. The predicted octanol–water partition coefficient (Wildman–Crippen LogP) is 2.60. The van der Waals surface area contributed by atoms with Crippen molar-refractivity contribution in [1.29, 1.82) is 0 Å². The molecule has 6 nitrogen and oxygen atoms in total. The van der Waals surface area contributed by atoms with Crippen molar-refractivity contribution in [3.8, 4) is 0 Å². The number of rotatable bonds is 0. The third-order valence-corrected chi connectivity index (χ3v) is 3.87. The van der Waals surface area contributed by atoms with Crippen molar-refractivity contribution < 1.29 is 0 Å². The third-order valence-electron chi connectivity index (χ3n) is 3.87. The highest BCUT2D eigenvalue weighted by Crippen LogP contribution is 2.33. The maximum Gasteiger partial charge on any atom is 0.123 e. The van der Waals surface area contributed by atoms with Gasteiger partial charge in [0.05, 0.1) is 11.7 Å². The van der Waals surface area contributed by atoms with E-state index >= 15 is 0 Å². The van der Waals surface area contributed by atoms with Gasteiger partial charge in [-0.1, -0.05) is 24.3 Å². The lowest BCUT2D eigenvalue weighted by Crippen LogP contribution is -1.89. The molecule has 6 heteroatoms. The van der Waals surface area contributed by atoms with Crippen LogP contribution >= 0.6 is 0 Å². The second-order valence-corrected chi connectivity index (χ2v) is 4.95. The van der Waals surface area contributed by atoms with Gasteiger partial charge in [0.2, 0.25) is 0 Å². The van der Waals surface area contributed by atoms with Crippen LogP contribution in [0, 0.1) is 0 Å². The third kappa shape index (κ3) is 1.33. The Morgan fingerprint density at radius 3 is 2.62 bits per heavy atom. The van der Waals surface area contributed by atoms with Crippen LogP contribution in [0.1, 0.15) is 0 Å². The lowest BCUT2D eigenvalue weighted by molar-refractivity contribution is 0.896. The topological polar surface area (TPSA) is 80.2 Å². The summed E-state index contributed by atoms with van der Waals surface area (Å²) in [6.07, 6.45) is 1.81. The molecule has 0 saturated heterocycles. The van der Waals surface area contributed by atoms with Gasteiger partial charge in [0, 0.05) is 16.2 Å². The standard InChI is InChI=1S/C15H8N6/c1-3-10-9(4-6-13-15(10)19-21-18-13)14-8(1)2-5-12-11(14)7-16-20-17-12/h1-7,20H. The summed E-state index contributed by atoms with van der Waals surface area (Å²) in [5.74, 6) is 0. The molecule has 0 spiro atoms. The Balaban J connectivity index is 2.14. The fraction of sp³-hybridized carbons (Fsp3) is 0. The number of hydrogen-bond acceptors (Lipinski definition) is 5. The van der Waals surface area contributed by atoms with Crippen LogP contribution in [0.2, 0.25) is 0 Å². The first kappa shape index (κ1) is 10.6. The van der Waals surface area contributed by atoms with E-state index in [0.29, 0.717) is 0 Å². The molecule has 0 atom stereocenters. The largest absolute Gasteiger partial charge is 0.197 e. The highest BCUT2D eigenvalue weighted by molar-refractivity contribution is 6.23. The highest BCUT2D eigenvalue weighted by Gasteiger charge is 2.10. The summed E-state index contributed by atoms with van der Waals surface area (Å²) in [7, 11) is 0. The van der Waals surface area contributed by atoms with E-state index in [1.807, 2.05) is 18.3 Å². The first-order chi connectivity index (χ1) is 10.4. The van der Waals surface area contributed by atoms with Gasteiger partial charge in [0.15, 0.2) is 0 Å². The van der Waals surface area contributed by atoms with E-state index in [-0.39, 0.29) is 0 Å². The minimum Gasteiger partial charge on any atom is -0.197 e. The van der Waals surface area contributed by atoms with Crippen LogP contribution in [0.4, 0.5) is 0 Å². The number of benzene rings is 3. The van der Waals surface area contributed by atoms with Gasteiger partial charge in [-0.15, -0.1) is 10.2 Å². The van der Waals surface area contributed by atoms with Crippen molar-refractivity contribution in [2.45, 2.75) is 0 Å². The number of nitrogens with zero attached hydrogens (tertiary/aromatic N) is 5. The summed E-state index contributed by atoms with van der Waals surface area (Å²) in [5, 5.41) is 28.3. The van der Waals surface area contributed by atoms with E-state index in [1.54, 1.807) is 0 Å². The zero-order valence-corrected chi connectivity index (χ0v) is 10.8. The van der Waals surface area contributed by atoms with Crippen molar-refractivity contribution in [3.05, 3.63) is 42.6 Å². The lowest BCUT2D eigenvalue weighted by atomic mass is 9.98. The van der Waals surface area contributed by atoms with Crippen molar-refractivity contribution in [2.75, 3.05) is 0 Å². The Hall–Kier alpha value is -3.15. The van der Waals surface area contributed by atoms with Crippen molar-refractivity contribution in [2.24, 2.45) is 0 Å². The van der Waals surface area contributed by atoms with Gasteiger partial charge in [-0.05, 0) is 28.1 Å². The van der Waals surface area contributed by atoms with Gasteiger partial charge >= 0.3 is 0 Å². The molecule has 21 heavy (non-hydrogen) atoms. The molecular weight excluding hydrogens is 264 g/mol. The second-order valence-electron chi connectivity index (χ2n) is 4.95. The predicted molar refractivity (Wildman–Crippen MR) is 79.8 cm³/mol. The van der Waals surface area contributed by atoms with Gasteiger partial charge in [0.1, 0.15) is 11.0 Å². The first-order valence-electron chi connectivity index (χ1n) is 6.55. The highest BCUT2D eigenvalue weighted by atomic mass is 15.3. The smallest absolute Gasteiger partial charge is 0.123 e. The summed E-state index contributed by atoms with van der Waals surface area (Å²) in [6.45, 7) is 0. The fourth-order valence-corrected chi connectivity index (χ4v) is 2.93. The number of aromatic nitrogens is 6. The monoisotopic (exact) mass is 272 g/mol. The van der Waals surface area contributed by atoms with Crippen LogP contribution in [-0.2, 0) is 0 Å². The molecule has 0 aliphatic rings. The number of aromatic amines is 1. The maximum atomic E-state index is 4.21. The molecule has 0 fully saturated rings. The summed E-state index contributed by atoms with van der Waals surface area (Å²) in [6, 6.07) is 12.2. The molecule has 0 saturated carbocycles. The number of H-pyrrole nitrogens is 1. The van der Waals surface area contributed by atoms with E-state index in [9.17, 15) is 0 Å². The fourth-order valence-electron chi connectivity index (χ4n) is 2.93. The summed E-state index contributed by atoms with van der Waals surface area (Å²) < 4.78 is 0. The molecule has 5 aromatic rings. The Labute approximate surface area is 117 Å². The van der Waals surface area contributed by atoms with Gasteiger partial charge in [-0.2, -0.15) is 15.4 Å². The molecule has 0 aliphatic heterocycles. The van der Waals surface area contributed by atoms with Crippen molar-refractivity contribution in [1.82, 2.24) is 30.8 Å². The molecule has 0 radical (unpaired) electrons. The Bertz CT molecular complexity index is 1140. The number of nitrogens with one attached hydrogen (secondary N) is 1. The van der Waals surface area contributed by atoms with E-state index in [2.05, 4.69) is 55.1 Å². The summed E-state index contributed by atoms with van der Waals surface area (Å²) in [4.78, 5) is 0. The average molecular weight is 272 g/mol. The van der Waals surface area contributed by atoms with Crippen LogP contribution < -0.4 is 0 Å². The van der Waals surface area contributed by atoms with Gasteiger partial charge in [-0.3, -0.25) is 0 Å². The molecule has 1 N–H and O–H groups in total. The Morgan fingerprint density at radius 2 is 1.62 bits per heavy atom. The second kappa shape index (κ2) is 3.69. The zero-order valence-electron chi connectivity index (χ0n) is 10.8. The molecular formula is C15H8N6. The molecule has 2 heterocycles. The quantitative estimate of drug-likeness (QED) is 0.438. The molecule has 0 unspecified atom stereocenters. The van der Waals surface area contributed by atoms with Gasteiger partial charge < -0.3 is 0 Å². The van der Waals surface area contributed by atoms with Crippen LogP contribution in [0.5, 0.6) is 0 Å². The SMILES string of the molecule is c1cc2n[nH]ncc2c2c1ccc1c2ccc2nnnc21. The van der Waals surface area contributed by atoms with Gasteiger partial charge in [-0.25, -0.2) is 0 Å². The zero-order chi connectivity index (χ0) is 13.8. The van der Waals surface area contributed by atoms with Crippen LogP contribution in [0.25, 0.3) is 43.5 Å². The maximum absolute atomic E-state index is 4.21. The van der Waals surface area contributed by atoms with Crippen LogP contribution in [0.15, 0.2) is 42.6 Å². The molecule has 98 valence electrons. The summed E-state index contributed by atoms with van der Waals surface area (Å²) >= 11 is 0. The van der Waals surface area contributed by atoms with Crippen LogP contribution in [0.3, 0.4) is 0 Å². The molecule has 0 bridgehead atoms. The molecule has 2 aromatic heterocycles. The number of hydrogen-bond donors (Lipinski definition) is 1. The number of fused-ring (bicyclic) bond motifs is 7. The van der Waals surface area contributed by atoms with E-state index in [1.165, 1.54) is 0 Å². The minimum atomic E-state index is 0.812. The first-order valence-corrected chi connectivity index (χ1v) is 6.55. The molecule has 0 aliphatic carbocycles. The molecule has 3 aromatic carbocycles. The van der Waals surface area contributed by atoms with Crippen molar-refractivity contribution in [3.63, 3.8) is 0 Å². The normalized spacial score (nSPS) is 11.8. The average Bonchev–Trinajstić information content (AvgIpc) is 3.03. The minimum absolute atomic E-state index is 0.812. The van der Waals surface area contributed by atoms with E-state index in [0.717, 1.165) is 43.5 Å². The van der Waals surface area contributed by atoms with Gasteiger partial charge in [0.25, 0.3) is 0 Å². The molecule has 0 amide bonds. The van der Waals surface area contributed by atoms with Crippen LogP contribution in [-0.4, -0.2) is 30.8 Å². The van der Waals surface area contributed by atoms with E-state index in [4.69, 9.17) is 0 Å². The summed E-state index contributed by atoms with van der Waals surface area (Å²) in [5.41, 5.74) is 2.53.